The first kappa shape index (κ1) is 27.9. The van der Waals surface area contributed by atoms with E-state index in [1.165, 1.54) is 44.5 Å². The third-order valence-corrected chi connectivity index (χ3v) is 7.28. The Kier molecular flexibility index (Phi) is 11.0. The van der Waals surface area contributed by atoms with E-state index in [1.807, 2.05) is 26.0 Å². The van der Waals surface area contributed by atoms with Crippen LogP contribution >= 0.6 is 11.5 Å². The number of aryl methyl sites for hydroxylation is 2. The first-order chi connectivity index (χ1) is 17.3. The lowest BCUT2D eigenvalue weighted by molar-refractivity contribution is 0.0996. The fourth-order valence-corrected chi connectivity index (χ4v) is 4.98. The van der Waals surface area contributed by atoms with Gasteiger partial charge in [0.25, 0.3) is 5.91 Å². The number of hydrogen-bond acceptors (Lipinski definition) is 7. The van der Waals surface area contributed by atoms with Gasteiger partial charge in [0.1, 0.15) is 17.2 Å². The number of nitrogens with zero attached hydrogens (tertiary/aromatic N) is 3. The number of aromatic nitrogens is 1. The van der Waals surface area contributed by atoms with Crippen molar-refractivity contribution in [2.45, 2.75) is 52.6 Å². The highest BCUT2D eigenvalue weighted by atomic mass is 32.1. The lowest BCUT2D eigenvalue weighted by atomic mass is 10.1. The van der Waals surface area contributed by atoms with Crippen molar-refractivity contribution < 1.29 is 14.3 Å². The quantitative estimate of drug-likeness (QED) is 0.350. The van der Waals surface area contributed by atoms with Crippen LogP contribution < -0.4 is 21.1 Å². The number of ether oxygens (including phenoxy) is 1. The summed E-state index contributed by atoms with van der Waals surface area (Å²) in [6.45, 7) is 10.7. The first-order valence-electron chi connectivity index (χ1n) is 12.8. The Morgan fingerprint density at radius 1 is 1.08 bits per heavy atom. The van der Waals surface area contributed by atoms with Gasteiger partial charge in [0.2, 0.25) is 5.88 Å². The molecule has 1 aromatic carbocycles. The number of rotatable bonds is 13. The standard InChI is InChI=1S/C26H40N6O3S/c1-19-9-10-21(20(2)17-19)18-35-24-22(23(27)33)25(36-30-24)29-26(34)28-11-7-5-4-6-8-12-32-15-13-31(3)14-16-32/h9-10,17H,4-8,11-16,18H2,1-3H3,(H2,27,33)(H2,28,29,34). The van der Waals surface area contributed by atoms with E-state index >= 15 is 0 Å². The lowest BCUT2D eigenvalue weighted by Gasteiger charge is -2.32. The van der Waals surface area contributed by atoms with Crippen LogP contribution in [0.1, 0.15) is 59.2 Å². The van der Waals surface area contributed by atoms with Crippen LogP contribution in [-0.2, 0) is 6.61 Å². The zero-order chi connectivity index (χ0) is 25.9. The molecule has 1 aliphatic heterocycles. The van der Waals surface area contributed by atoms with E-state index in [0.717, 1.165) is 48.6 Å². The van der Waals surface area contributed by atoms with Crippen LogP contribution in [0.4, 0.5) is 9.80 Å². The largest absolute Gasteiger partial charge is 0.472 e. The van der Waals surface area contributed by atoms with Gasteiger partial charge in [0.15, 0.2) is 0 Å². The minimum atomic E-state index is -0.689. The monoisotopic (exact) mass is 516 g/mol. The number of nitrogens with two attached hydrogens (primary N) is 1. The minimum Gasteiger partial charge on any atom is -0.472 e. The summed E-state index contributed by atoms with van der Waals surface area (Å²) in [5.74, 6) is -0.550. The molecular formula is C26H40N6O3S. The maximum atomic E-state index is 12.3. The van der Waals surface area contributed by atoms with E-state index in [9.17, 15) is 9.59 Å². The smallest absolute Gasteiger partial charge is 0.319 e. The number of nitrogens with one attached hydrogen (secondary N) is 2. The van der Waals surface area contributed by atoms with Crippen molar-refractivity contribution in [3.8, 4) is 5.88 Å². The molecule has 0 atom stereocenters. The first-order valence-corrected chi connectivity index (χ1v) is 13.5. The topological polar surface area (TPSA) is 113 Å². The van der Waals surface area contributed by atoms with Crippen molar-refractivity contribution >= 4 is 28.5 Å². The molecule has 1 aromatic heterocycles. The van der Waals surface area contributed by atoms with Crippen LogP contribution in [0, 0.1) is 13.8 Å². The molecule has 3 amide bonds. The summed E-state index contributed by atoms with van der Waals surface area (Å²) in [7, 11) is 2.18. The Labute approximate surface area is 218 Å². The third kappa shape index (κ3) is 8.76. The summed E-state index contributed by atoms with van der Waals surface area (Å²) in [5.41, 5.74) is 8.92. The molecule has 10 heteroatoms. The van der Waals surface area contributed by atoms with Crippen LogP contribution in [0.5, 0.6) is 5.88 Å². The average Bonchev–Trinajstić information content (AvgIpc) is 3.24. The Bertz CT molecular complexity index is 1000. The average molecular weight is 517 g/mol. The van der Waals surface area contributed by atoms with Crippen molar-refractivity contribution in [2.24, 2.45) is 5.73 Å². The molecule has 1 aliphatic rings. The molecule has 0 saturated carbocycles. The number of carbonyl (C=O) groups excluding carboxylic acids is 2. The van der Waals surface area contributed by atoms with Crippen molar-refractivity contribution in [2.75, 3.05) is 51.6 Å². The summed E-state index contributed by atoms with van der Waals surface area (Å²) < 4.78 is 9.98. The molecule has 4 N–H and O–H groups in total. The molecule has 0 unspecified atom stereocenters. The second kappa shape index (κ2) is 14.2. The second-order valence-electron chi connectivity index (χ2n) is 9.57. The van der Waals surface area contributed by atoms with Crippen LogP contribution in [0.15, 0.2) is 18.2 Å². The third-order valence-electron chi connectivity index (χ3n) is 6.53. The Morgan fingerprint density at radius 2 is 1.81 bits per heavy atom. The minimum absolute atomic E-state index is 0.0975. The van der Waals surface area contributed by atoms with Gasteiger partial charge < -0.3 is 25.6 Å². The Balaban J connectivity index is 1.34. The summed E-state index contributed by atoms with van der Waals surface area (Å²) in [6.07, 6.45) is 5.60. The van der Waals surface area contributed by atoms with Crippen LogP contribution in [0.3, 0.4) is 0 Å². The van der Waals surface area contributed by atoms with E-state index in [1.54, 1.807) is 0 Å². The van der Waals surface area contributed by atoms with Crippen molar-refractivity contribution in [3.63, 3.8) is 0 Å². The molecule has 36 heavy (non-hydrogen) atoms. The Hall–Kier alpha value is -2.69. The van der Waals surface area contributed by atoms with Gasteiger partial charge in [-0.3, -0.25) is 10.1 Å². The Morgan fingerprint density at radius 3 is 2.53 bits per heavy atom. The molecule has 9 nitrogen and oxygen atoms in total. The fraction of sp³-hybridized carbons (Fsp3) is 0.577. The van der Waals surface area contributed by atoms with Gasteiger partial charge in [0.05, 0.1) is 0 Å². The van der Waals surface area contributed by atoms with Gasteiger partial charge >= 0.3 is 6.03 Å². The normalized spacial score (nSPS) is 14.5. The fourth-order valence-electron chi connectivity index (χ4n) is 4.24. The predicted octanol–water partition coefficient (Wildman–Crippen LogP) is 3.76. The van der Waals surface area contributed by atoms with Gasteiger partial charge in [-0.05, 0) is 62.9 Å². The predicted molar refractivity (Wildman–Crippen MR) is 145 cm³/mol. The van der Waals surface area contributed by atoms with E-state index < -0.39 is 5.91 Å². The van der Waals surface area contributed by atoms with Crippen molar-refractivity contribution in [1.29, 1.82) is 0 Å². The van der Waals surface area contributed by atoms with Crippen LogP contribution in [0.2, 0.25) is 0 Å². The van der Waals surface area contributed by atoms with Gasteiger partial charge in [-0.25, -0.2) is 4.79 Å². The SMILES string of the molecule is Cc1ccc(COc2nsc(NC(=O)NCCCCCCCN3CCN(C)CC3)c2C(N)=O)c(C)c1. The van der Waals surface area contributed by atoms with Crippen molar-refractivity contribution in [3.05, 3.63) is 40.5 Å². The molecule has 0 radical (unpaired) electrons. The highest BCUT2D eigenvalue weighted by Gasteiger charge is 2.22. The molecule has 3 rings (SSSR count). The van der Waals surface area contributed by atoms with Gasteiger partial charge in [-0.2, -0.15) is 4.37 Å². The number of benzene rings is 1. The molecular weight excluding hydrogens is 476 g/mol. The molecule has 198 valence electrons. The lowest BCUT2D eigenvalue weighted by Crippen LogP contribution is -2.44. The molecule has 2 heterocycles. The highest BCUT2D eigenvalue weighted by Crippen LogP contribution is 2.31. The highest BCUT2D eigenvalue weighted by molar-refractivity contribution is 7.11. The van der Waals surface area contributed by atoms with E-state index in [2.05, 4.69) is 37.9 Å². The van der Waals surface area contributed by atoms with E-state index in [4.69, 9.17) is 10.5 Å². The molecule has 0 aliphatic carbocycles. The van der Waals surface area contributed by atoms with E-state index in [0.29, 0.717) is 11.5 Å². The number of piperazine rings is 1. The summed E-state index contributed by atoms with van der Waals surface area (Å²) >= 11 is 0.985. The zero-order valence-corrected chi connectivity index (χ0v) is 22.6. The summed E-state index contributed by atoms with van der Waals surface area (Å²) in [4.78, 5) is 29.3. The number of likely N-dealkylation sites (N-methyl/N-ethyl adjacent to an activating group) is 1. The van der Waals surface area contributed by atoms with E-state index in [-0.39, 0.29) is 24.1 Å². The van der Waals surface area contributed by atoms with Crippen molar-refractivity contribution in [1.82, 2.24) is 19.5 Å². The summed E-state index contributed by atoms with van der Waals surface area (Å²) in [5, 5.41) is 5.83. The number of primary amides is 1. The van der Waals surface area contributed by atoms with Gasteiger partial charge in [-0.15, -0.1) is 0 Å². The molecule has 1 fully saturated rings. The molecule has 0 spiro atoms. The number of anilines is 1. The second-order valence-corrected chi connectivity index (χ2v) is 10.3. The number of unbranched alkanes of at least 4 members (excludes halogenated alkanes) is 4. The van der Waals surface area contributed by atoms with Gasteiger partial charge in [-0.1, -0.05) is 43.0 Å². The number of hydrogen-bond donors (Lipinski definition) is 3. The van der Waals surface area contributed by atoms with Crippen LogP contribution in [-0.4, -0.2) is 72.4 Å². The maximum Gasteiger partial charge on any atom is 0.319 e. The number of urea groups is 1. The zero-order valence-electron chi connectivity index (χ0n) is 21.8. The van der Waals surface area contributed by atoms with Crippen LogP contribution in [0.25, 0.3) is 0 Å². The maximum absolute atomic E-state index is 12.3. The summed E-state index contributed by atoms with van der Waals surface area (Å²) in [6, 6.07) is 5.69. The molecule has 2 aromatic rings. The number of carbonyl (C=O) groups is 2. The number of amides is 3. The van der Waals surface area contributed by atoms with Gasteiger partial charge in [0, 0.05) is 32.7 Å². The molecule has 0 bridgehead atoms. The molecule has 1 saturated heterocycles.